The Hall–Kier alpha value is -0.900. The molecule has 3 heteroatoms. The van der Waals surface area contributed by atoms with Crippen molar-refractivity contribution in [2.75, 3.05) is 13.7 Å². The Bertz CT molecular complexity index is 299. The number of ether oxygens (including phenoxy) is 1. The summed E-state index contributed by atoms with van der Waals surface area (Å²) in [6.45, 7) is 4.78. The minimum Gasteiger partial charge on any atom is -0.383 e. The minimum absolute atomic E-state index is 0.0694. The highest BCUT2D eigenvalue weighted by atomic mass is 16.5. The number of aryl methyl sites for hydroxylation is 1. The van der Waals surface area contributed by atoms with Crippen molar-refractivity contribution in [1.82, 2.24) is 5.43 Å². The highest BCUT2D eigenvalue weighted by Crippen LogP contribution is 2.19. The van der Waals surface area contributed by atoms with Gasteiger partial charge in [-0.25, -0.2) is 0 Å². The van der Waals surface area contributed by atoms with Crippen LogP contribution in [0.1, 0.15) is 22.7 Å². The van der Waals surface area contributed by atoms with E-state index in [0.717, 1.165) is 0 Å². The second kappa shape index (κ2) is 5.10. The molecule has 0 saturated carbocycles. The number of rotatable bonds is 4. The number of methoxy groups -OCH3 is 1. The fourth-order valence-corrected chi connectivity index (χ4v) is 1.55. The molecule has 1 aromatic carbocycles. The highest BCUT2D eigenvalue weighted by molar-refractivity contribution is 5.35. The van der Waals surface area contributed by atoms with Gasteiger partial charge in [-0.2, -0.15) is 0 Å². The molecule has 0 aliphatic heterocycles. The third-order valence-corrected chi connectivity index (χ3v) is 2.56. The molecule has 78 valence electrons. The zero-order valence-corrected chi connectivity index (χ0v) is 9.00. The summed E-state index contributed by atoms with van der Waals surface area (Å²) in [5, 5.41) is 0. The summed E-state index contributed by atoms with van der Waals surface area (Å²) in [6.07, 6.45) is 0. The SMILES string of the molecule is COCC(NN)c1cccc(C)c1C. The molecule has 3 N–H and O–H groups in total. The average Bonchev–Trinajstić information content (AvgIpc) is 2.19. The van der Waals surface area contributed by atoms with Crippen LogP contribution >= 0.6 is 0 Å². The van der Waals surface area contributed by atoms with E-state index in [0.29, 0.717) is 6.61 Å². The molecule has 1 rings (SSSR count). The molecule has 0 bridgehead atoms. The van der Waals surface area contributed by atoms with Crippen LogP contribution in [0.5, 0.6) is 0 Å². The van der Waals surface area contributed by atoms with E-state index in [2.05, 4.69) is 31.4 Å². The van der Waals surface area contributed by atoms with E-state index in [9.17, 15) is 0 Å². The van der Waals surface area contributed by atoms with Gasteiger partial charge in [-0.05, 0) is 30.5 Å². The second-order valence-corrected chi connectivity index (χ2v) is 3.46. The van der Waals surface area contributed by atoms with Gasteiger partial charge in [0.05, 0.1) is 12.6 Å². The predicted octanol–water partition coefficient (Wildman–Crippen LogP) is 1.45. The van der Waals surface area contributed by atoms with Crippen LogP contribution in [-0.4, -0.2) is 13.7 Å². The lowest BCUT2D eigenvalue weighted by molar-refractivity contribution is 0.167. The summed E-state index contributed by atoms with van der Waals surface area (Å²) in [6, 6.07) is 6.28. The van der Waals surface area contributed by atoms with Crippen molar-refractivity contribution in [3.8, 4) is 0 Å². The second-order valence-electron chi connectivity index (χ2n) is 3.46. The summed E-state index contributed by atoms with van der Waals surface area (Å²) in [5.41, 5.74) is 6.51. The number of hydrogen-bond donors (Lipinski definition) is 2. The molecule has 1 aromatic rings. The van der Waals surface area contributed by atoms with E-state index in [-0.39, 0.29) is 6.04 Å². The van der Waals surface area contributed by atoms with Crippen LogP contribution in [0.2, 0.25) is 0 Å². The molecule has 0 spiro atoms. The Labute approximate surface area is 85.2 Å². The minimum atomic E-state index is 0.0694. The van der Waals surface area contributed by atoms with Gasteiger partial charge in [0.25, 0.3) is 0 Å². The molecule has 0 aliphatic carbocycles. The standard InChI is InChI=1S/C11H18N2O/c1-8-5-4-6-10(9(8)2)11(13-12)7-14-3/h4-6,11,13H,7,12H2,1-3H3. The van der Waals surface area contributed by atoms with E-state index in [1.165, 1.54) is 16.7 Å². The zero-order valence-electron chi connectivity index (χ0n) is 9.00. The van der Waals surface area contributed by atoms with E-state index in [1.54, 1.807) is 7.11 Å². The van der Waals surface area contributed by atoms with Gasteiger partial charge in [0, 0.05) is 7.11 Å². The summed E-state index contributed by atoms with van der Waals surface area (Å²) in [4.78, 5) is 0. The van der Waals surface area contributed by atoms with Crippen molar-refractivity contribution in [3.63, 3.8) is 0 Å². The lowest BCUT2D eigenvalue weighted by Crippen LogP contribution is -2.31. The monoisotopic (exact) mass is 194 g/mol. The van der Waals surface area contributed by atoms with Gasteiger partial charge in [0.15, 0.2) is 0 Å². The molecule has 3 nitrogen and oxygen atoms in total. The maximum atomic E-state index is 5.48. The molecule has 0 amide bonds. The molecule has 0 saturated heterocycles. The first-order valence-corrected chi connectivity index (χ1v) is 4.72. The molecule has 1 unspecified atom stereocenters. The summed E-state index contributed by atoms with van der Waals surface area (Å²) >= 11 is 0. The summed E-state index contributed by atoms with van der Waals surface area (Å²) < 4.78 is 5.10. The number of nitrogens with one attached hydrogen (secondary N) is 1. The normalized spacial score (nSPS) is 12.9. The topological polar surface area (TPSA) is 47.3 Å². The van der Waals surface area contributed by atoms with Gasteiger partial charge in [0.2, 0.25) is 0 Å². The molecular weight excluding hydrogens is 176 g/mol. The Morgan fingerprint density at radius 1 is 1.43 bits per heavy atom. The van der Waals surface area contributed by atoms with Gasteiger partial charge in [0.1, 0.15) is 0 Å². The molecule has 1 atom stereocenters. The van der Waals surface area contributed by atoms with Crippen LogP contribution in [-0.2, 0) is 4.74 Å². The van der Waals surface area contributed by atoms with Gasteiger partial charge in [-0.15, -0.1) is 0 Å². The lowest BCUT2D eigenvalue weighted by atomic mass is 9.98. The van der Waals surface area contributed by atoms with Crippen LogP contribution in [0.3, 0.4) is 0 Å². The van der Waals surface area contributed by atoms with Crippen LogP contribution < -0.4 is 11.3 Å². The zero-order chi connectivity index (χ0) is 10.6. The number of hydrazine groups is 1. The van der Waals surface area contributed by atoms with Crippen LogP contribution in [0.25, 0.3) is 0 Å². The number of benzene rings is 1. The maximum Gasteiger partial charge on any atom is 0.0696 e. The van der Waals surface area contributed by atoms with Gasteiger partial charge >= 0.3 is 0 Å². The molecular formula is C11H18N2O. The largest absolute Gasteiger partial charge is 0.383 e. The first-order chi connectivity index (χ1) is 6.70. The molecule has 14 heavy (non-hydrogen) atoms. The van der Waals surface area contributed by atoms with Crippen molar-refractivity contribution in [3.05, 3.63) is 34.9 Å². The Morgan fingerprint density at radius 3 is 2.71 bits per heavy atom. The van der Waals surface area contributed by atoms with Crippen LogP contribution in [0.4, 0.5) is 0 Å². The van der Waals surface area contributed by atoms with Crippen LogP contribution in [0.15, 0.2) is 18.2 Å². The number of nitrogens with two attached hydrogens (primary N) is 1. The van der Waals surface area contributed by atoms with E-state index in [4.69, 9.17) is 10.6 Å². The van der Waals surface area contributed by atoms with Gasteiger partial charge < -0.3 is 4.74 Å². The van der Waals surface area contributed by atoms with Crippen molar-refractivity contribution in [1.29, 1.82) is 0 Å². The quantitative estimate of drug-likeness (QED) is 0.563. The van der Waals surface area contributed by atoms with Crippen molar-refractivity contribution >= 4 is 0 Å². The first kappa shape index (κ1) is 11.2. The third-order valence-electron chi connectivity index (χ3n) is 2.56. The molecule has 0 fully saturated rings. The van der Waals surface area contributed by atoms with Crippen molar-refractivity contribution < 1.29 is 4.74 Å². The summed E-state index contributed by atoms with van der Waals surface area (Å²) in [5.74, 6) is 5.48. The third kappa shape index (κ3) is 2.32. The lowest BCUT2D eigenvalue weighted by Gasteiger charge is -2.18. The fraction of sp³-hybridized carbons (Fsp3) is 0.455. The molecule has 0 radical (unpaired) electrons. The van der Waals surface area contributed by atoms with Gasteiger partial charge in [-0.3, -0.25) is 11.3 Å². The first-order valence-electron chi connectivity index (χ1n) is 4.72. The molecule has 0 aliphatic rings. The summed E-state index contributed by atoms with van der Waals surface area (Å²) in [7, 11) is 1.68. The maximum absolute atomic E-state index is 5.48. The smallest absolute Gasteiger partial charge is 0.0696 e. The van der Waals surface area contributed by atoms with Crippen molar-refractivity contribution in [2.24, 2.45) is 5.84 Å². The molecule has 0 aromatic heterocycles. The van der Waals surface area contributed by atoms with E-state index >= 15 is 0 Å². The van der Waals surface area contributed by atoms with E-state index in [1.807, 2.05) is 6.07 Å². The fourth-order valence-electron chi connectivity index (χ4n) is 1.55. The number of hydrogen-bond acceptors (Lipinski definition) is 3. The average molecular weight is 194 g/mol. The Kier molecular flexibility index (Phi) is 4.07. The van der Waals surface area contributed by atoms with Crippen molar-refractivity contribution in [2.45, 2.75) is 19.9 Å². The Morgan fingerprint density at radius 2 is 2.14 bits per heavy atom. The molecule has 0 heterocycles. The van der Waals surface area contributed by atoms with Crippen LogP contribution in [0, 0.1) is 13.8 Å². The highest BCUT2D eigenvalue weighted by Gasteiger charge is 2.12. The van der Waals surface area contributed by atoms with E-state index < -0.39 is 0 Å². The Balaban J connectivity index is 2.97. The van der Waals surface area contributed by atoms with Gasteiger partial charge in [-0.1, -0.05) is 18.2 Å². The predicted molar refractivity (Wildman–Crippen MR) is 57.9 cm³/mol.